The molecule has 0 spiro atoms. The summed E-state index contributed by atoms with van der Waals surface area (Å²) in [4.78, 5) is 18.4. The molecule has 4 aromatic heterocycles. The van der Waals surface area contributed by atoms with Crippen LogP contribution in [-0.2, 0) is 13.2 Å². The first kappa shape index (κ1) is 30.3. The van der Waals surface area contributed by atoms with Crippen LogP contribution in [0.5, 0.6) is 6.01 Å². The molecule has 47 heavy (non-hydrogen) atoms. The molecule has 1 aromatic carbocycles. The van der Waals surface area contributed by atoms with Crippen molar-refractivity contribution in [2.24, 2.45) is 7.05 Å². The molecule has 0 unspecified atom stereocenters. The average Bonchev–Trinajstić information content (AvgIpc) is 3.76. The van der Waals surface area contributed by atoms with Gasteiger partial charge in [0.25, 0.3) is 0 Å². The Balaban J connectivity index is 1.35. The second-order valence-electron chi connectivity index (χ2n) is 13.8. The molecule has 3 atom stereocenters. The van der Waals surface area contributed by atoms with E-state index in [4.69, 9.17) is 14.7 Å². The standard InChI is InChI=1S/C33H36F4N8O2/c1-18-12-22-21(14-39-42-22)23(25(18)33(35,36)37)26-27-20(6-9-38-26)24-28(43(27)3)40-30(41-29(24)44-10-4-7-31(2,46)16-44)47-17-32-8-5-11-45(32)15-19(34)13-32/h6,9,12,14,19,46H,4-5,7-8,10-11,13,15-17H2,1-3H3,(H,39,42)/t19-,31-,32+/m1/s1. The first-order valence-corrected chi connectivity index (χ1v) is 16.0. The second-order valence-corrected chi connectivity index (χ2v) is 13.8. The summed E-state index contributed by atoms with van der Waals surface area (Å²) < 4.78 is 66.8. The number of nitrogens with one attached hydrogen (secondary N) is 1. The topological polar surface area (TPSA) is 108 Å². The Kier molecular flexibility index (Phi) is 6.76. The summed E-state index contributed by atoms with van der Waals surface area (Å²) in [5, 5.41) is 19.5. The lowest BCUT2D eigenvalue weighted by molar-refractivity contribution is -0.137. The molecule has 14 heteroatoms. The van der Waals surface area contributed by atoms with Gasteiger partial charge in [0.1, 0.15) is 24.2 Å². The van der Waals surface area contributed by atoms with E-state index in [0.29, 0.717) is 71.1 Å². The van der Waals surface area contributed by atoms with E-state index in [-0.39, 0.29) is 29.4 Å². The van der Waals surface area contributed by atoms with Gasteiger partial charge in [0, 0.05) is 55.6 Å². The number of aromatic amines is 1. The van der Waals surface area contributed by atoms with Crippen molar-refractivity contribution in [3.63, 3.8) is 0 Å². The molecule has 0 amide bonds. The largest absolute Gasteiger partial charge is 0.461 e. The molecule has 7 heterocycles. The monoisotopic (exact) mass is 652 g/mol. The zero-order valence-electron chi connectivity index (χ0n) is 26.5. The van der Waals surface area contributed by atoms with Crippen molar-refractivity contribution >= 4 is 38.7 Å². The first-order chi connectivity index (χ1) is 22.4. The third-order valence-electron chi connectivity index (χ3n) is 10.4. The lowest BCUT2D eigenvalue weighted by atomic mass is 9.94. The second kappa shape index (κ2) is 10.5. The maximum absolute atomic E-state index is 14.7. The number of ether oxygens (including phenoxy) is 1. The van der Waals surface area contributed by atoms with Crippen LogP contribution in [0.15, 0.2) is 24.5 Å². The van der Waals surface area contributed by atoms with Crippen LogP contribution in [-0.4, -0.2) is 89.8 Å². The zero-order valence-corrected chi connectivity index (χ0v) is 26.5. The molecule has 0 aliphatic carbocycles. The number of pyridine rings is 1. The number of aromatic nitrogens is 6. The smallest absolute Gasteiger partial charge is 0.417 e. The van der Waals surface area contributed by atoms with Crippen molar-refractivity contribution in [1.82, 2.24) is 34.6 Å². The number of rotatable bonds is 5. The highest BCUT2D eigenvalue weighted by Gasteiger charge is 2.49. The van der Waals surface area contributed by atoms with Crippen molar-refractivity contribution in [3.8, 4) is 17.3 Å². The molecule has 0 radical (unpaired) electrons. The van der Waals surface area contributed by atoms with Gasteiger partial charge in [-0.1, -0.05) is 0 Å². The number of hydrogen-bond donors (Lipinski definition) is 2. The van der Waals surface area contributed by atoms with Crippen LogP contribution in [0.3, 0.4) is 0 Å². The van der Waals surface area contributed by atoms with E-state index in [0.717, 1.165) is 25.8 Å². The lowest BCUT2D eigenvalue weighted by Gasteiger charge is -2.38. The number of β-amino-alcohol motifs (C(OH)–C–C–N with tert-alkyl or cyclic N) is 1. The molecule has 3 fully saturated rings. The predicted molar refractivity (Wildman–Crippen MR) is 169 cm³/mol. The van der Waals surface area contributed by atoms with Crippen molar-refractivity contribution in [2.45, 2.75) is 69.4 Å². The molecule has 3 aliphatic heterocycles. The summed E-state index contributed by atoms with van der Waals surface area (Å²) in [7, 11) is 1.75. The zero-order chi connectivity index (χ0) is 32.9. The van der Waals surface area contributed by atoms with Crippen LogP contribution in [0.25, 0.3) is 44.1 Å². The van der Waals surface area contributed by atoms with Gasteiger partial charge in [-0.05, 0) is 63.8 Å². The molecule has 0 saturated carbocycles. The number of hydrogen-bond acceptors (Lipinski definition) is 8. The molecule has 248 valence electrons. The van der Waals surface area contributed by atoms with Crippen LogP contribution < -0.4 is 9.64 Å². The van der Waals surface area contributed by atoms with Gasteiger partial charge < -0.3 is 19.3 Å². The Hall–Kier alpha value is -4.04. The number of fused-ring (bicyclic) bond motifs is 5. The lowest BCUT2D eigenvalue weighted by Crippen LogP contribution is -2.46. The molecule has 0 bridgehead atoms. The summed E-state index contributed by atoms with van der Waals surface area (Å²) in [6.07, 6.45) is 0.854. The van der Waals surface area contributed by atoms with Gasteiger partial charge in [0.2, 0.25) is 0 Å². The van der Waals surface area contributed by atoms with Gasteiger partial charge in [-0.25, -0.2) is 4.39 Å². The number of anilines is 1. The number of alkyl halides is 4. The number of aliphatic hydroxyl groups is 1. The third kappa shape index (κ3) is 4.82. The molecular weight excluding hydrogens is 616 g/mol. The Morgan fingerprint density at radius 3 is 2.74 bits per heavy atom. The number of benzene rings is 1. The normalized spacial score (nSPS) is 25.4. The number of nitrogens with zero attached hydrogens (tertiary/aromatic N) is 7. The van der Waals surface area contributed by atoms with Gasteiger partial charge in [-0.3, -0.25) is 15.0 Å². The molecular formula is C33H36F4N8O2. The van der Waals surface area contributed by atoms with Gasteiger partial charge >= 0.3 is 12.2 Å². The summed E-state index contributed by atoms with van der Waals surface area (Å²) in [5.74, 6) is 0.525. The fourth-order valence-corrected chi connectivity index (χ4v) is 8.36. The summed E-state index contributed by atoms with van der Waals surface area (Å²) in [6.45, 7) is 5.57. The highest BCUT2D eigenvalue weighted by Crippen LogP contribution is 2.47. The molecule has 8 rings (SSSR count). The average molecular weight is 653 g/mol. The minimum Gasteiger partial charge on any atom is -0.461 e. The van der Waals surface area contributed by atoms with E-state index < -0.39 is 29.1 Å². The summed E-state index contributed by atoms with van der Waals surface area (Å²) in [6, 6.07) is 3.32. The maximum Gasteiger partial charge on any atom is 0.417 e. The van der Waals surface area contributed by atoms with Crippen LogP contribution in [0.4, 0.5) is 23.4 Å². The van der Waals surface area contributed by atoms with E-state index in [1.165, 1.54) is 25.4 Å². The Morgan fingerprint density at radius 1 is 1.15 bits per heavy atom. The highest BCUT2D eigenvalue weighted by molar-refractivity contribution is 6.16. The van der Waals surface area contributed by atoms with E-state index in [9.17, 15) is 22.7 Å². The predicted octanol–water partition coefficient (Wildman–Crippen LogP) is 5.69. The van der Waals surface area contributed by atoms with Crippen LogP contribution in [0, 0.1) is 6.92 Å². The maximum atomic E-state index is 14.7. The van der Waals surface area contributed by atoms with E-state index in [1.807, 2.05) is 4.90 Å². The Morgan fingerprint density at radius 2 is 1.96 bits per heavy atom. The highest BCUT2D eigenvalue weighted by atomic mass is 19.4. The van der Waals surface area contributed by atoms with E-state index >= 15 is 0 Å². The van der Waals surface area contributed by atoms with Crippen molar-refractivity contribution in [3.05, 3.63) is 35.7 Å². The van der Waals surface area contributed by atoms with Crippen LogP contribution in [0.1, 0.15) is 50.2 Å². The molecule has 10 nitrogen and oxygen atoms in total. The fourth-order valence-electron chi connectivity index (χ4n) is 8.36. The molecule has 3 aliphatic rings. The van der Waals surface area contributed by atoms with Gasteiger partial charge in [-0.2, -0.15) is 28.2 Å². The summed E-state index contributed by atoms with van der Waals surface area (Å²) in [5.41, 5.74) is -0.646. The van der Waals surface area contributed by atoms with Crippen molar-refractivity contribution in [2.75, 3.05) is 37.7 Å². The quantitative estimate of drug-likeness (QED) is 0.233. The number of halogens is 4. The van der Waals surface area contributed by atoms with Gasteiger partial charge in [0.15, 0.2) is 0 Å². The Bertz CT molecular complexity index is 2040. The number of H-pyrrole nitrogens is 1. The fraction of sp³-hybridized carbons (Fsp3) is 0.515. The number of piperidine rings is 1. The first-order valence-electron chi connectivity index (χ1n) is 16.0. The molecule has 3 saturated heterocycles. The van der Waals surface area contributed by atoms with E-state index in [2.05, 4.69) is 20.1 Å². The van der Waals surface area contributed by atoms with Crippen LogP contribution in [0.2, 0.25) is 0 Å². The van der Waals surface area contributed by atoms with Gasteiger partial charge in [-0.15, -0.1) is 0 Å². The minimum absolute atomic E-state index is 0.0521. The minimum atomic E-state index is -4.66. The molecule has 5 aromatic rings. The van der Waals surface area contributed by atoms with E-state index in [1.54, 1.807) is 24.6 Å². The number of aryl methyl sites for hydroxylation is 2. The summed E-state index contributed by atoms with van der Waals surface area (Å²) >= 11 is 0. The van der Waals surface area contributed by atoms with Crippen LogP contribution >= 0.6 is 0 Å². The van der Waals surface area contributed by atoms with Crippen molar-refractivity contribution < 1.29 is 27.4 Å². The molecule has 2 N–H and O–H groups in total. The SMILES string of the molecule is Cc1cc2[nH]ncc2c(-c2nccc3c4c(N5CCC[C@@](C)(O)C5)nc(OC[C@@]56CCCN5C[C@H](F)C6)nc4n(C)c23)c1C(F)(F)F. The third-order valence-corrected chi connectivity index (χ3v) is 10.4. The Labute approximate surface area is 267 Å². The van der Waals surface area contributed by atoms with Crippen molar-refractivity contribution in [1.29, 1.82) is 0 Å². The van der Waals surface area contributed by atoms with Gasteiger partial charge in [0.05, 0.1) is 45.0 Å².